The Kier molecular flexibility index (Phi) is 6.06. The van der Waals surface area contributed by atoms with Crippen LogP contribution in [-0.4, -0.2) is 0 Å². The highest BCUT2D eigenvalue weighted by Gasteiger charge is 2.31. The van der Waals surface area contributed by atoms with Gasteiger partial charge in [0.2, 0.25) is 0 Å². The van der Waals surface area contributed by atoms with Gasteiger partial charge in [0.25, 0.3) is 0 Å². The van der Waals surface area contributed by atoms with E-state index in [4.69, 9.17) is 0 Å². The molecule has 1 N–H and O–H groups in total. The molecule has 0 aliphatic carbocycles. The molecule has 0 heterocycles. The van der Waals surface area contributed by atoms with Crippen molar-refractivity contribution in [3.05, 3.63) is 132 Å². The van der Waals surface area contributed by atoms with Crippen molar-refractivity contribution >= 4 is 54.5 Å². The SMILES string of the molecule is CC(C)(C)c1ccc(Nc2ccc(C(c3ccc4ccc5cccc6ccc3c4c56)C(C)(C)C)c3ccccc23)cc1. The second-order valence-corrected chi connectivity index (χ2v) is 14.0. The minimum Gasteiger partial charge on any atom is -0.355 e. The molecule has 0 aromatic heterocycles. The molecule has 7 aromatic carbocycles. The van der Waals surface area contributed by atoms with E-state index in [-0.39, 0.29) is 16.7 Å². The van der Waals surface area contributed by atoms with Gasteiger partial charge in [0.05, 0.1) is 0 Å². The van der Waals surface area contributed by atoms with Crippen molar-refractivity contribution in [1.29, 1.82) is 0 Å². The van der Waals surface area contributed by atoms with Crippen LogP contribution in [-0.2, 0) is 5.41 Å². The first-order valence-electron chi connectivity index (χ1n) is 15.2. The Hall–Kier alpha value is -4.36. The van der Waals surface area contributed by atoms with Crippen molar-refractivity contribution in [1.82, 2.24) is 0 Å². The van der Waals surface area contributed by atoms with E-state index < -0.39 is 0 Å². The molecular formula is C41H39N. The summed E-state index contributed by atoms with van der Waals surface area (Å²) >= 11 is 0. The lowest BCUT2D eigenvalue weighted by atomic mass is 9.70. The molecule has 0 bridgehead atoms. The Labute approximate surface area is 249 Å². The fourth-order valence-electron chi connectivity index (χ4n) is 7.00. The van der Waals surface area contributed by atoms with Crippen LogP contribution in [0.2, 0.25) is 0 Å². The van der Waals surface area contributed by atoms with E-state index in [9.17, 15) is 0 Å². The normalized spacial score (nSPS) is 13.4. The van der Waals surface area contributed by atoms with Crippen molar-refractivity contribution in [2.75, 3.05) is 5.32 Å². The van der Waals surface area contributed by atoms with Crippen molar-refractivity contribution in [3.63, 3.8) is 0 Å². The van der Waals surface area contributed by atoms with Crippen LogP contribution in [0.3, 0.4) is 0 Å². The van der Waals surface area contributed by atoms with E-state index in [0.29, 0.717) is 0 Å². The van der Waals surface area contributed by atoms with Crippen molar-refractivity contribution in [2.24, 2.45) is 5.41 Å². The molecule has 1 unspecified atom stereocenters. The van der Waals surface area contributed by atoms with Crippen molar-refractivity contribution < 1.29 is 0 Å². The zero-order valence-corrected chi connectivity index (χ0v) is 25.5. The maximum atomic E-state index is 3.73. The third kappa shape index (κ3) is 4.40. The van der Waals surface area contributed by atoms with Gasteiger partial charge >= 0.3 is 0 Å². The summed E-state index contributed by atoms with van der Waals surface area (Å²) in [7, 11) is 0. The molecule has 0 saturated carbocycles. The zero-order chi connectivity index (χ0) is 29.2. The van der Waals surface area contributed by atoms with Gasteiger partial charge < -0.3 is 5.32 Å². The molecule has 1 heteroatoms. The van der Waals surface area contributed by atoms with Gasteiger partial charge in [-0.25, -0.2) is 0 Å². The fourth-order valence-corrected chi connectivity index (χ4v) is 7.00. The van der Waals surface area contributed by atoms with Crippen molar-refractivity contribution in [3.8, 4) is 0 Å². The molecule has 0 aliphatic rings. The minimum absolute atomic E-state index is 0.00335. The van der Waals surface area contributed by atoms with Gasteiger partial charge in [-0.3, -0.25) is 0 Å². The van der Waals surface area contributed by atoms with E-state index in [1.54, 1.807) is 0 Å². The Morgan fingerprint density at radius 3 is 1.71 bits per heavy atom. The number of rotatable bonds is 4. The predicted molar refractivity (Wildman–Crippen MR) is 184 cm³/mol. The van der Waals surface area contributed by atoms with E-state index in [0.717, 1.165) is 11.4 Å². The third-order valence-electron chi connectivity index (χ3n) is 9.04. The van der Waals surface area contributed by atoms with Crippen LogP contribution in [0.4, 0.5) is 11.4 Å². The van der Waals surface area contributed by atoms with Gasteiger partial charge in [-0.2, -0.15) is 0 Å². The first-order valence-corrected chi connectivity index (χ1v) is 15.2. The number of nitrogens with one attached hydrogen (secondary N) is 1. The molecular weight excluding hydrogens is 506 g/mol. The molecule has 0 radical (unpaired) electrons. The highest BCUT2D eigenvalue weighted by Crippen LogP contribution is 2.48. The molecule has 208 valence electrons. The van der Waals surface area contributed by atoms with Gasteiger partial charge in [-0.1, -0.05) is 139 Å². The third-order valence-corrected chi connectivity index (χ3v) is 9.04. The van der Waals surface area contributed by atoms with Crippen LogP contribution >= 0.6 is 0 Å². The Morgan fingerprint density at radius 1 is 0.476 bits per heavy atom. The van der Waals surface area contributed by atoms with Gasteiger partial charge in [0.15, 0.2) is 0 Å². The number of fused-ring (bicyclic) bond motifs is 1. The molecule has 7 aromatic rings. The Balaban J connectivity index is 1.40. The van der Waals surface area contributed by atoms with Gasteiger partial charge in [0, 0.05) is 22.7 Å². The Morgan fingerprint density at radius 2 is 1.05 bits per heavy atom. The summed E-state index contributed by atoms with van der Waals surface area (Å²) in [5.41, 5.74) is 6.51. The van der Waals surface area contributed by atoms with Gasteiger partial charge in [0.1, 0.15) is 0 Å². The van der Waals surface area contributed by atoms with Crippen LogP contribution in [0, 0.1) is 5.41 Å². The first-order chi connectivity index (χ1) is 20.1. The highest BCUT2D eigenvalue weighted by atomic mass is 14.9. The standard InChI is InChI=1S/C41H39N/c1-40(2,3)29-18-20-30(21-19-29)42-36-25-24-34(31-12-7-8-13-32(31)36)39(41(4,5)6)35-23-17-28-15-14-26-10-9-11-27-16-22-33(35)38(28)37(26)27/h7-25,39,42H,1-6H3. The summed E-state index contributed by atoms with van der Waals surface area (Å²) in [4.78, 5) is 0. The van der Waals surface area contributed by atoms with Crippen LogP contribution < -0.4 is 5.32 Å². The average Bonchev–Trinajstić information content (AvgIpc) is 2.97. The number of hydrogen-bond acceptors (Lipinski definition) is 1. The van der Waals surface area contributed by atoms with Crippen LogP contribution in [0.25, 0.3) is 43.1 Å². The Bertz CT molecular complexity index is 2050. The summed E-state index contributed by atoms with van der Waals surface area (Å²) in [5, 5.41) is 14.4. The van der Waals surface area contributed by atoms with Crippen LogP contribution in [0.5, 0.6) is 0 Å². The number of benzene rings is 7. The quantitative estimate of drug-likeness (QED) is 0.217. The maximum absolute atomic E-state index is 3.73. The molecule has 0 aliphatic heterocycles. The number of hydrogen-bond donors (Lipinski definition) is 1. The molecule has 0 saturated heterocycles. The maximum Gasteiger partial charge on any atom is 0.0464 e. The zero-order valence-electron chi connectivity index (χ0n) is 25.5. The minimum atomic E-state index is 0.00335. The van der Waals surface area contributed by atoms with Crippen LogP contribution in [0.15, 0.2) is 115 Å². The monoisotopic (exact) mass is 545 g/mol. The fraction of sp³-hybridized carbons (Fsp3) is 0.220. The lowest BCUT2D eigenvalue weighted by Gasteiger charge is -2.34. The van der Waals surface area contributed by atoms with E-state index >= 15 is 0 Å². The topological polar surface area (TPSA) is 12.0 Å². The lowest BCUT2D eigenvalue weighted by Crippen LogP contribution is -2.20. The van der Waals surface area contributed by atoms with E-state index in [2.05, 4.69) is 162 Å². The summed E-state index contributed by atoms with van der Waals surface area (Å²) in [5.74, 6) is 0.215. The molecule has 0 amide bonds. The molecule has 7 rings (SSSR count). The van der Waals surface area contributed by atoms with Crippen molar-refractivity contribution in [2.45, 2.75) is 52.9 Å². The van der Waals surface area contributed by atoms with E-state index in [1.807, 2.05) is 0 Å². The van der Waals surface area contributed by atoms with Gasteiger partial charge in [-0.15, -0.1) is 0 Å². The molecule has 0 spiro atoms. The lowest BCUT2D eigenvalue weighted by molar-refractivity contribution is 0.362. The predicted octanol–water partition coefficient (Wildman–Crippen LogP) is 12.0. The number of anilines is 2. The second kappa shape index (κ2) is 9.60. The summed E-state index contributed by atoms with van der Waals surface area (Å²) < 4.78 is 0. The van der Waals surface area contributed by atoms with Gasteiger partial charge in [-0.05, 0) is 83.4 Å². The summed E-state index contributed by atoms with van der Waals surface area (Å²) in [6, 6.07) is 43.0. The smallest absolute Gasteiger partial charge is 0.0464 e. The first kappa shape index (κ1) is 26.5. The largest absolute Gasteiger partial charge is 0.355 e. The molecule has 0 fully saturated rings. The molecule has 42 heavy (non-hydrogen) atoms. The molecule has 1 nitrogen and oxygen atoms in total. The average molecular weight is 546 g/mol. The highest BCUT2D eigenvalue weighted by molar-refractivity contribution is 6.23. The molecule has 1 atom stereocenters. The van der Waals surface area contributed by atoms with Crippen LogP contribution in [0.1, 0.15) is 64.2 Å². The summed E-state index contributed by atoms with van der Waals surface area (Å²) in [6.45, 7) is 13.9. The summed E-state index contributed by atoms with van der Waals surface area (Å²) in [6.07, 6.45) is 0. The van der Waals surface area contributed by atoms with E-state index in [1.165, 1.54) is 59.8 Å². The second-order valence-electron chi connectivity index (χ2n) is 14.0.